The summed E-state index contributed by atoms with van der Waals surface area (Å²) in [6.45, 7) is 4.70. The number of benzene rings is 1. The lowest BCUT2D eigenvalue weighted by molar-refractivity contribution is -0.110. The number of carbonyl (C=O) groups is 1. The molecule has 8 heteroatoms. The van der Waals surface area contributed by atoms with E-state index in [1.807, 2.05) is 11.3 Å². The lowest BCUT2D eigenvalue weighted by atomic mass is 9.84. The topological polar surface area (TPSA) is 38.8 Å². The first-order chi connectivity index (χ1) is 16.0. The van der Waals surface area contributed by atoms with Crippen molar-refractivity contribution in [1.82, 2.24) is 15.1 Å². The monoisotopic (exact) mass is 476 g/mol. The van der Waals surface area contributed by atoms with Gasteiger partial charge in [0.1, 0.15) is 0 Å². The van der Waals surface area contributed by atoms with E-state index in [4.69, 9.17) is 0 Å². The molecule has 2 amide bonds. The second-order valence-electron chi connectivity index (χ2n) is 9.96. The Labute approximate surface area is 198 Å². The average molecular weight is 477 g/mol. The Balaban J connectivity index is 1.03. The van der Waals surface area contributed by atoms with Gasteiger partial charge in [-0.1, -0.05) is 6.07 Å². The summed E-state index contributed by atoms with van der Waals surface area (Å²) in [4.78, 5) is 18.5. The molecule has 0 bridgehead atoms. The summed E-state index contributed by atoms with van der Waals surface area (Å²) < 4.78 is 27.3. The van der Waals surface area contributed by atoms with Crippen LogP contribution in [-0.2, 0) is 0 Å². The normalized spacial score (nSPS) is 26.1. The first-order valence-corrected chi connectivity index (χ1v) is 13.2. The predicted octanol–water partition coefficient (Wildman–Crippen LogP) is 5.02. The number of amides is 2. The Morgan fingerprint density at radius 3 is 2.67 bits per heavy atom. The molecule has 180 valence electrons. The number of fused-ring (bicyclic) bond motifs is 1. The number of thiophene rings is 1. The van der Waals surface area contributed by atoms with Crippen molar-refractivity contribution >= 4 is 33.1 Å². The third-order valence-electron chi connectivity index (χ3n) is 7.56. The number of rotatable bonds is 5. The van der Waals surface area contributed by atoms with Crippen LogP contribution in [0.5, 0.6) is 0 Å². The van der Waals surface area contributed by atoms with Gasteiger partial charge in [0.05, 0.1) is 13.1 Å². The van der Waals surface area contributed by atoms with Gasteiger partial charge >= 0.3 is 6.03 Å². The Bertz CT molecular complexity index is 951. The maximum atomic E-state index is 13.0. The van der Waals surface area contributed by atoms with Gasteiger partial charge in [0.2, 0.25) is 0 Å². The molecule has 5 nitrogen and oxygen atoms in total. The quantitative estimate of drug-likeness (QED) is 0.658. The number of likely N-dealkylation sites (tertiary alicyclic amines) is 1. The van der Waals surface area contributed by atoms with Crippen LogP contribution in [0.1, 0.15) is 38.5 Å². The minimum Gasteiger partial charge on any atom is -0.370 e. The van der Waals surface area contributed by atoms with Crippen molar-refractivity contribution in [2.24, 2.45) is 5.92 Å². The third kappa shape index (κ3) is 5.43. The average Bonchev–Trinajstić information content (AvgIpc) is 3.15. The molecule has 0 unspecified atom stereocenters. The van der Waals surface area contributed by atoms with Crippen LogP contribution in [-0.4, -0.2) is 73.6 Å². The van der Waals surface area contributed by atoms with Crippen molar-refractivity contribution in [3.05, 3.63) is 29.6 Å². The molecule has 0 radical (unpaired) electrons. The molecule has 3 fully saturated rings. The van der Waals surface area contributed by atoms with E-state index in [1.165, 1.54) is 33.5 Å². The van der Waals surface area contributed by atoms with Gasteiger partial charge in [-0.15, -0.1) is 11.3 Å². The molecule has 0 spiro atoms. The Kier molecular flexibility index (Phi) is 6.74. The molecule has 5 rings (SSSR count). The van der Waals surface area contributed by atoms with E-state index in [0.29, 0.717) is 5.92 Å². The lowest BCUT2D eigenvalue weighted by Gasteiger charge is -2.40. The van der Waals surface area contributed by atoms with Crippen molar-refractivity contribution < 1.29 is 13.6 Å². The zero-order valence-corrected chi connectivity index (χ0v) is 20.0. The van der Waals surface area contributed by atoms with E-state index in [9.17, 15) is 13.6 Å². The molecule has 3 aliphatic rings. The van der Waals surface area contributed by atoms with Crippen LogP contribution in [0.15, 0.2) is 29.6 Å². The minimum absolute atomic E-state index is 0.134. The smallest absolute Gasteiger partial charge is 0.318 e. The summed E-state index contributed by atoms with van der Waals surface area (Å²) >= 11 is 1.81. The van der Waals surface area contributed by atoms with Gasteiger partial charge in [-0.25, -0.2) is 13.6 Å². The van der Waals surface area contributed by atoms with Crippen molar-refractivity contribution in [1.29, 1.82) is 0 Å². The molecule has 1 saturated carbocycles. The van der Waals surface area contributed by atoms with Crippen LogP contribution in [0, 0.1) is 5.92 Å². The van der Waals surface area contributed by atoms with Crippen LogP contribution < -0.4 is 10.2 Å². The number of halogens is 2. The summed E-state index contributed by atoms with van der Waals surface area (Å²) in [5.41, 5.74) is 1.37. The number of nitrogens with zero attached hydrogens (tertiary/aromatic N) is 3. The molecule has 1 aromatic carbocycles. The van der Waals surface area contributed by atoms with Gasteiger partial charge in [0.25, 0.3) is 5.92 Å². The summed E-state index contributed by atoms with van der Waals surface area (Å²) in [6, 6.07) is 8.70. The van der Waals surface area contributed by atoms with Crippen molar-refractivity contribution in [3.63, 3.8) is 0 Å². The molecule has 33 heavy (non-hydrogen) atoms. The molecule has 2 aromatic rings. The van der Waals surface area contributed by atoms with Gasteiger partial charge in [-0.05, 0) is 81.1 Å². The molecule has 3 heterocycles. The number of hydrogen-bond donors (Lipinski definition) is 1. The summed E-state index contributed by atoms with van der Waals surface area (Å²) in [6.07, 6.45) is 6.54. The second-order valence-corrected chi connectivity index (χ2v) is 10.9. The highest BCUT2D eigenvalue weighted by atomic mass is 32.1. The van der Waals surface area contributed by atoms with Crippen LogP contribution in [0.4, 0.5) is 19.3 Å². The first-order valence-electron chi connectivity index (χ1n) is 12.3. The Morgan fingerprint density at radius 1 is 1.06 bits per heavy atom. The molecule has 1 aliphatic carbocycles. The summed E-state index contributed by atoms with van der Waals surface area (Å²) in [5.74, 6) is -2.00. The molecule has 1 N–H and O–H groups in total. The number of alkyl halides is 2. The van der Waals surface area contributed by atoms with E-state index in [0.717, 1.165) is 58.4 Å². The number of anilines is 1. The lowest BCUT2D eigenvalue weighted by Crippen LogP contribution is -2.62. The summed E-state index contributed by atoms with van der Waals surface area (Å²) in [5, 5.41) is 6.52. The molecular weight excluding hydrogens is 442 g/mol. The fraction of sp³-hybridized carbons (Fsp3) is 0.640. The van der Waals surface area contributed by atoms with E-state index in [1.54, 1.807) is 0 Å². The zero-order chi connectivity index (χ0) is 22.8. The number of carbonyl (C=O) groups excluding carboxylic acids is 1. The molecule has 1 aromatic heterocycles. The van der Waals surface area contributed by atoms with E-state index < -0.39 is 19.0 Å². The van der Waals surface area contributed by atoms with Gasteiger partial charge < -0.3 is 20.0 Å². The fourth-order valence-corrected chi connectivity index (χ4v) is 6.38. The third-order valence-corrected chi connectivity index (χ3v) is 8.44. The SMILES string of the molecule is O=C(N[C@H]1CC[C@H](CCN2CCCN(c3cccc4sccc34)CC2)CC1)N1CC(F)(F)C1. The van der Waals surface area contributed by atoms with Gasteiger partial charge in [-0.2, -0.15) is 0 Å². The van der Waals surface area contributed by atoms with E-state index in [2.05, 4.69) is 44.8 Å². The minimum atomic E-state index is -2.70. The van der Waals surface area contributed by atoms with Crippen LogP contribution >= 0.6 is 11.3 Å². The van der Waals surface area contributed by atoms with Gasteiger partial charge in [0, 0.05) is 41.4 Å². The molecule has 0 atom stereocenters. The van der Waals surface area contributed by atoms with E-state index in [-0.39, 0.29) is 12.1 Å². The summed E-state index contributed by atoms with van der Waals surface area (Å²) in [7, 11) is 0. The van der Waals surface area contributed by atoms with Crippen LogP contribution in [0.25, 0.3) is 10.1 Å². The highest BCUT2D eigenvalue weighted by Crippen LogP contribution is 2.32. The second kappa shape index (κ2) is 9.74. The maximum Gasteiger partial charge on any atom is 0.318 e. The molecular formula is C25H34F2N4OS. The first kappa shape index (κ1) is 22.8. The number of hydrogen-bond acceptors (Lipinski definition) is 4. The van der Waals surface area contributed by atoms with Gasteiger partial charge in [0.15, 0.2) is 0 Å². The number of nitrogens with one attached hydrogen (secondary N) is 1. The standard InChI is InChI=1S/C25H34F2N4OS/c26-25(27)17-31(18-25)24(32)28-20-7-5-19(6-8-20)9-13-29-11-2-12-30(15-14-29)22-3-1-4-23-21(22)10-16-33-23/h1,3-4,10,16,19-20H,2,5-9,11-15,17-18H2,(H,28,32)/t19-,20-. The largest absolute Gasteiger partial charge is 0.370 e. The number of urea groups is 1. The highest BCUT2D eigenvalue weighted by molar-refractivity contribution is 7.17. The molecule has 2 saturated heterocycles. The maximum absolute atomic E-state index is 13.0. The highest BCUT2D eigenvalue weighted by Gasteiger charge is 2.46. The van der Waals surface area contributed by atoms with Crippen molar-refractivity contribution in [3.8, 4) is 0 Å². The van der Waals surface area contributed by atoms with Crippen molar-refractivity contribution in [2.45, 2.75) is 50.5 Å². The van der Waals surface area contributed by atoms with Crippen molar-refractivity contribution in [2.75, 3.05) is 50.7 Å². The predicted molar refractivity (Wildman–Crippen MR) is 131 cm³/mol. The van der Waals surface area contributed by atoms with E-state index >= 15 is 0 Å². The molecule has 2 aliphatic heterocycles. The Morgan fingerprint density at radius 2 is 1.88 bits per heavy atom. The zero-order valence-electron chi connectivity index (χ0n) is 19.1. The van der Waals surface area contributed by atoms with Crippen LogP contribution in [0.2, 0.25) is 0 Å². The van der Waals surface area contributed by atoms with Gasteiger partial charge in [-0.3, -0.25) is 0 Å². The Hall–Kier alpha value is -1.93. The van der Waals surface area contributed by atoms with Crippen LogP contribution in [0.3, 0.4) is 0 Å². The fourth-order valence-electron chi connectivity index (χ4n) is 5.57.